The number of hydrogen-bond donors (Lipinski definition) is 0. The van der Waals surface area contributed by atoms with Crippen molar-refractivity contribution in [2.24, 2.45) is 0 Å². The zero-order chi connectivity index (χ0) is 7.49. The van der Waals surface area contributed by atoms with Gasteiger partial charge in [0.1, 0.15) is 6.61 Å². The summed E-state index contributed by atoms with van der Waals surface area (Å²) in [6.07, 6.45) is -4.23. The third kappa shape index (κ3) is 8.40. The van der Waals surface area contributed by atoms with Crippen molar-refractivity contribution in [3.05, 3.63) is 0 Å². The fourth-order valence-electron chi connectivity index (χ4n) is 0.183. The summed E-state index contributed by atoms with van der Waals surface area (Å²) < 4.78 is 38.0. The maximum absolute atomic E-state index is 11.3. The van der Waals surface area contributed by atoms with Crippen molar-refractivity contribution < 1.29 is 17.7 Å². The molecule has 1 nitrogen and oxygen atoms in total. The zero-order valence-corrected chi connectivity index (χ0v) is 6.47. The molecular weight excluding hydrogens is 172 g/mol. The predicted octanol–water partition coefficient (Wildman–Crippen LogP) is 1.79. The minimum atomic E-state index is -4.23. The summed E-state index contributed by atoms with van der Waals surface area (Å²) in [4.78, 5) is 0. The van der Waals surface area contributed by atoms with Crippen molar-refractivity contribution >= 4 is 18.7 Å². The minimum Gasteiger partial charge on any atom is -0.344 e. The molecule has 0 radical (unpaired) electrons. The van der Waals surface area contributed by atoms with Crippen LogP contribution in [0.4, 0.5) is 13.2 Å². The smallest absolute Gasteiger partial charge is 0.344 e. The molecule has 1 unspecified atom stereocenters. The molecule has 0 fully saturated rings. The van der Waals surface area contributed by atoms with Crippen LogP contribution in [0.25, 0.3) is 0 Å². The Labute approximate surface area is 56.7 Å². The Kier molecular flexibility index (Phi) is 3.70. The van der Waals surface area contributed by atoms with Crippen LogP contribution in [0, 0.1) is 0 Å². The molecule has 0 heterocycles. The maximum Gasteiger partial charge on any atom is 0.412 e. The highest BCUT2D eigenvalue weighted by Gasteiger charge is 2.27. The second-order valence-corrected chi connectivity index (χ2v) is 4.39. The molecule has 0 aromatic heterocycles. The first-order chi connectivity index (χ1) is 3.92. The summed E-state index contributed by atoms with van der Waals surface area (Å²) in [6.45, 7) is -1.33. The summed E-state index contributed by atoms with van der Waals surface area (Å²) in [6, 6.07) is 0. The van der Waals surface area contributed by atoms with Gasteiger partial charge in [-0.3, -0.25) is 0 Å². The normalized spacial score (nSPS) is 15.6. The van der Waals surface area contributed by atoms with Crippen molar-refractivity contribution in [3.8, 4) is 0 Å². The quantitative estimate of drug-likeness (QED) is 0.596. The number of hydrogen-bond acceptors (Lipinski definition) is 2. The van der Waals surface area contributed by atoms with Gasteiger partial charge >= 0.3 is 6.18 Å². The van der Waals surface area contributed by atoms with Crippen LogP contribution < -0.4 is 0 Å². The van der Waals surface area contributed by atoms with Crippen LogP contribution in [0.5, 0.6) is 0 Å². The Bertz CT molecular complexity index is 112. The molecule has 0 aliphatic heterocycles. The van der Waals surface area contributed by atoms with Gasteiger partial charge in [0.25, 0.3) is 0 Å². The van der Waals surface area contributed by atoms with Gasteiger partial charge in [-0.1, -0.05) is 11.8 Å². The molecule has 56 valence electrons. The van der Waals surface area contributed by atoms with E-state index in [1.165, 1.54) is 6.66 Å². The molecule has 0 saturated carbocycles. The fraction of sp³-hybridized carbons (Fsp3) is 1.00. The molecule has 0 rings (SSSR count). The first-order valence-corrected chi connectivity index (χ1v) is 5.16. The summed E-state index contributed by atoms with van der Waals surface area (Å²) in [5.41, 5.74) is 0. The highest BCUT2D eigenvalue weighted by molar-refractivity contribution is 8.02. The van der Waals surface area contributed by atoms with Gasteiger partial charge < -0.3 is 4.52 Å². The highest BCUT2D eigenvalue weighted by atomic mass is 32.4. The van der Waals surface area contributed by atoms with Crippen molar-refractivity contribution in [2.75, 3.05) is 13.3 Å². The molecule has 0 aliphatic rings. The lowest BCUT2D eigenvalue weighted by Gasteiger charge is -2.05. The number of rotatable bonds is 2. The van der Waals surface area contributed by atoms with Gasteiger partial charge in [-0.15, -0.1) is 0 Å². The molecule has 1 atom stereocenters. The predicted molar refractivity (Wildman–Crippen MR) is 33.6 cm³/mol. The van der Waals surface area contributed by atoms with E-state index in [4.69, 9.17) is 0 Å². The van der Waals surface area contributed by atoms with Crippen LogP contribution in [-0.2, 0) is 16.3 Å². The Balaban J connectivity index is 3.39. The van der Waals surface area contributed by atoms with E-state index in [1.54, 1.807) is 0 Å². The zero-order valence-electron chi connectivity index (χ0n) is 4.66. The van der Waals surface area contributed by atoms with E-state index in [2.05, 4.69) is 16.3 Å². The molecule has 0 aromatic carbocycles. The molecule has 0 spiro atoms. The topological polar surface area (TPSA) is 9.23 Å². The van der Waals surface area contributed by atoms with E-state index in [1.807, 2.05) is 0 Å². The highest BCUT2D eigenvalue weighted by Crippen LogP contribution is 2.23. The fourth-order valence-corrected chi connectivity index (χ4v) is 0.727. The first kappa shape index (κ1) is 9.40. The van der Waals surface area contributed by atoms with Crippen molar-refractivity contribution in [2.45, 2.75) is 6.18 Å². The molecule has 0 N–H and O–H groups in total. The molecule has 9 heavy (non-hydrogen) atoms. The minimum absolute atomic E-state index is 1.21. The average Bonchev–Trinajstić information content (AvgIpc) is 1.59. The van der Waals surface area contributed by atoms with Crippen molar-refractivity contribution in [3.63, 3.8) is 0 Å². The van der Waals surface area contributed by atoms with Crippen LogP contribution in [0.15, 0.2) is 0 Å². The van der Waals surface area contributed by atoms with Gasteiger partial charge in [0, 0.05) is 0 Å². The van der Waals surface area contributed by atoms with Gasteiger partial charge in [-0.2, -0.15) is 13.2 Å². The summed E-state index contributed by atoms with van der Waals surface area (Å²) >= 11 is 4.43. The van der Waals surface area contributed by atoms with E-state index >= 15 is 0 Å². The van der Waals surface area contributed by atoms with Crippen LogP contribution in [0.2, 0.25) is 0 Å². The first-order valence-electron chi connectivity index (χ1n) is 2.12. The maximum atomic E-state index is 11.3. The van der Waals surface area contributed by atoms with Crippen LogP contribution >= 0.6 is 6.92 Å². The van der Waals surface area contributed by atoms with Crippen LogP contribution in [0.3, 0.4) is 0 Å². The van der Waals surface area contributed by atoms with E-state index < -0.39 is 19.7 Å². The largest absolute Gasteiger partial charge is 0.412 e. The Hall–Kier alpha value is 0.400. The molecule has 0 aromatic rings. The number of halogens is 3. The van der Waals surface area contributed by atoms with Crippen LogP contribution in [0.1, 0.15) is 0 Å². The van der Waals surface area contributed by atoms with Gasteiger partial charge in [0.15, 0.2) is 0 Å². The van der Waals surface area contributed by atoms with Crippen molar-refractivity contribution in [1.82, 2.24) is 0 Å². The van der Waals surface area contributed by atoms with Gasteiger partial charge in [0.2, 0.25) is 0 Å². The Morgan fingerprint density at radius 3 is 2.11 bits per heavy atom. The summed E-state index contributed by atoms with van der Waals surface area (Å²) in [5.74, 6) is 0. The molecule has 0 bridgehead atoms. The van der Waals surface area contributed by atoms with E-state index in [0.29, 0.717) is 0 Å². The Morgan fingerprint density at radius 2 is 2.00 bits per heavy atom. The van der Waals surface area contributed by atoms with Gasteiger partial charge in [0.05, 0.1) is 6.92 Å². The van der Waals surface area contributed by atoms with Crippen LogP contribution in [-0.4, -0.2) is 19.4 Å². The number of alkyl halides is 3. The lowest BCUT2D eigenvalue weighted by atomic mass is 10.7. The third-order valence-corrected chi connectivity index (χ3v) is 1.34. The standard InChI is InChI=1S/C3H6F3OPS/c1-8(9)7-2-3(4,5)6/h8H,2H2,1H3. The van der Waals surface area contributed by atoms with E-state index in [-0.39, 0.29) is 0 Å². The third-order valence-electron chi connectivity index (χ3n) is 0.439. The summed E-state index contributed by atoms with van der Waals surface area (Å²) in [7, 11) is 0. The summed E-state index contributed by atoms with van der Waals surface area (Å²) in [5, 5.41) is 0. The average molecular weight is 178 g/mol. The second-order valence-electron chi connectivity index (χ2n) is 1.40. The van der Waals surface area contributed by atoms with Gasteiger partial charge in [-0.25, -0.2) is 0 Å². The van der Waals surface area contributed by atoms with Crippen molar-refractivity contribution in [1.29, 1.82) is 0 Å². The Morgan fingerprint density at radius 1 is 1.56 bits per heavy atom. The van der Waals surface area contributed by atoms with E-state index in [9.17, 15) is 13.2 Å². The second kappa shape index (κ2) is 3.54. The molecule has 0 amide bonds. The molecule has 6 heteroatoms. The molecular formula is C3H6F3OPS. The SMILES string of the molecule is C[PH](=S)OCC(F)(F)F. The van der Waals surface area contributed by atoms with E-state index in [0.717, 1.165) is 0 Å². The monoisotopic (exact) mass is 178 g/mol. The van der Waals surface area contributed by atoms with Gasteiger partial charge in [-0.05, 0) is 6.66 Å². The lowest BCUT2D eigenvalue weighted by molar-refractivity contribution is -0.151. The lowest BCUT2D eigenvalue weighted by Crippen LogP contribution is -2.14. The molecule has 0 saturated heterocycles. The molecule has 0 aliphatic carbocycles.